The maximum Gasteiger partial charge on any atom is 0.345 e. The van der Waals surface area contributed by atoms with Crippen molar-refractivity contribution in [3.63, 3.8) is 0 Å². The van der Waals surface area contributed by atoms with Gasteiger partial charge in [0, 0.05) is 46.9 Å². The number of anilines is 2. The number of nitrogens with two attached hydrogens (primary N) is 1. The molecular weight excluding hydrogens is 484 g/mol. The van der Waals surface area contributed by atoms with E-state index in [1.807, 2.05) is 26.0 Å². The van der Waals surface area contributed by atoms with Crippen LogP contribution in [0.3, 0.4) is 0 Å². The third-order valence-electron chi connectivity index (χ3n) is 6.41. The summed E-state index contributed by atoms with van der Waals surface area (Å²) in [5, 5.41) is 3.69. The summed E-state index contributed by atoms with van der Waals surface area (Å²) in [6.07, 6.45) is 1.65. The van der Waals surface area contributed by atoms with E-state index < -0.39 is 17.6 Å². The Morgan fingerprint density at radius 2 is 1.89 bits per heavy atom. The van der Waals surface area contributed by atoms with Crippen LogP contribution in [0, 0.1) is 20.8 Å². The van der Waals surface area contributed by atoms with Gasteiger partial charge in [-0.25, -0.2) is 4.79 Å². The summed E-state index contributed by atoms with van der Waals surface area (Å²) in [4.78, 5) is 45.1. The highest BCUT2D eigenvalue weighted by Gasteiger charge is 2.23. The van der Waals surface area contributed by atoms with Crippen LogP contribution < -0.4 is 22.0 Å². The number of H-pyrrole nitrogens is 1. The molecule has 0 saturated carbocycles. The standard InChI is InChI=1S/C29H30N4O5/c1-14-9-20(17(4)33-23-11-15(2)32-28(35)24(23)29(36)37-6)27-21(10-14)25(34)16(3)26(38-27)18-7-8-22(30)19(12-18)13-31-5/h7-13,17H,30H2,1-6H3,(H2,32,33,35). The summed E-state index contributed by atoms with van der Waals surface area (Å²) in [7, 11) is 2.88. The predicted molar refractivity (Wildman–Crippen MR) is 151 cm³/mol. The molecule has 0 bridgehead atoms. The molecule has 2 aromatic heterocycles. The van der Waals surface area contributed by atoms with Crippen molar-refractivity contribution in [2.24, 2.45) is 4.99 Å². The first-order valence-electron chi connectivity index (χ1n) is 12.0. The molecule has 9 heteroatoms. The summed E-state index contributed by atoms with van der Waals surface area (Å²) in [6, 6.07) is 10.3. The van der Waals surface area contributed by atoms with Crippen molar-refractivity contribution in [2.75, 3.05) is 25.2 Å². The molecule has 2 heterocycles. The van der Waals surface area contributed by atoms with Gasteiger partial charge in [-0.15, -0.1) is 0 Å². The van der Waals surface area contributed by atoms with Crippen LogP contribution >= 0.6 is 0 Å². The largest absolute Gasteiger partial charge is 0.465 e. The number of fused-ring (bicyclic) bond motifs is 1. The maximum atomic E-state index is 13.5. The van der Waals surface area contributed by atoms with Gasteiger partial charge in [-0.3, -0.25) is 14.6 Å². The molecule has 196 valence electrons. The highest BCUT2D eigenvalue weighted by Crippen LogP contribution is 2.33. The number of hydrogen-bond acceptors (Lipinski definition) is 8. The summed E-state index contributed by atoms with van der Waals surface area (Å²) in [5.41, 5.74) is 10.5. The number of pyridine rings is 1. The first-order valence-corrected chi connectivity index (χ1v) is 12.0. The third kappa shape index (κ3) is 4.82. The molecule has 4 aromatic rings. The summed E-state index contributed by atoms with van der Waals surface area (Å²) >= 11 is 0. The number of aliphatic imine (C=N–C) groups is 1. The van der Waals surface area contributed by atoms with Crippen LogP contribution in [0.4, 0.5) is 11.4 Å². The lowest BCUT2D eigenvalue weighted by Crippen LogP contribution is -2.23. The monoisotopic (exact) mass is 514 g/mol. The molecule has 38 heavy (non-hydrogen) atoms. The quantitative estimate of drug-likeness (QED) is 0.193. The number of aromatic nitrogens is 1. The molecule has 1 unspecified atom stereocenters. The molecule has 1 atom stereocenters. The first kappa shape index (κ1) is 26.4. The topological polar surface area (TPSA) is 140 Å². The van der Waals surface area contributed by atoms with Crippen LogP contribution in [0.15, 0.2) is 55.4 Å². The lowest BCUT2D eigenvalue weighted by atomic mass is 9.98. The molecule has 0 radical (unpaired) electrons. The van der Waals surface area contributed by atoms with Crippen molar-refractivity contribution in [1.29, 1.82) is 0 Å². The van der Waals surface area contributed by atoms with Gasteiger partial charge in [0.25, 0.3) is 5.56 Å². The number of nitrogens with zero attached hydrogens (tertiary/aromatic N) is 1. The van der Waals surface area contributed by atoms with Crippen LogP contribution in [0.25, 0.3) is 22.3 Å². The summed E-state index contributed by atoms with van der Waals surface area (Å²) in [6.45, 7) is 7.21. The van der Waals surface area contributed by atoms with Crippen molar-refractivity contribution in [1.82, 2.24) is 4.98 Å². The Kier molecular flexibility index (Phi) is 7.21. The van der Waals surface area contributed by atoms with Gasteiger partial charge in [0.2, 0.25) is 0 Å². The normalized spacial score (nSPS) is 12.2. The highest BCUT2D eigenvalue weighted by molar-refractivity contribution is 5.95. The van der Waals surface area contributed by atoms with E-state index in [9.17, 15) is 14.4 Å². The average molecular weight is 515 g/mol. The molecule has 0 fully saturated rings. The lowest BCUT2D eigenvalue weighted by Gasteiger charge is -2.20. The molecule has 0 aliphatic heterocycles. The molecule has 0 aliphatic rings. The number of esters is 1. The first-order chi connectivity index (χ1) is 18.0. The van der Waals surface area contributed by atoms with Crippen LogP contribution in [0.1, 0.15) is 51.3 Å². The molecule has 0 spiro atoms. The molecule has 9 nitrogen and oxygen atoms in total. The van der Waals surface area contributed by atoms with E-state index in [4.69, 9.17) is 14.9 Å². The minimum Gasteiger partial charge on any atom is -0.465 e. The van der Waals surface area contributed by atoms with Crippen molar-refractivity contribution < 1.29 is 13.9 Å². The summed E-state index contributed by atoms with van der Waals surface area (Å²) in [5.74, 6) is -0.331. The van der Waals surface area contributed by atoms with Crippen LogP contribution in [-0.4, -0.2) is 31.3 Å². The molecule has 4 N–H and O–H groups in total. The number of rotatable bonds is 6. The Morgan fingerprint density at radius 1 is 1.16 bits per heavy atom. The number of aromatic amines is 1. The van der Waals surface area contributed by atoms with Gasteiger partial charge in [0.15, 0.2) is 5.43 Å². The number of nitrogen functional groups attached to an aromatic ring is 1. The zero-order chi connectivity index (χ0) is 27.7. The number of carbonyl (C=O) groups excluding carboxylic acids is 1. The van der Waals surface area contributed by atoms with Gasteiger partial charge in [-0.05, 0) is 63.6 Å². The number of carbonyl (C=O) groups is 1. The Morgan fingerprint density at radius 3 is 2.58 bits per heavy atom. The second-order valence-electron chi connectivity index (χ2n) is 9.27. The molecule has 0 saturated heterocycles. The van der Waals surface area contributed by atoms with Crippen molar-refractivity contribution in [3.05, 3.63) is 90.5 Å². The van der Waals surface area contributed by atoms with Gasteiger partial charge in [-0.2, -0.15) is 0 Å². The SMILES string of the molecule is CN=Cc1cc(-c2oc3c(C(C)Nc4cc(C)[nH]c(=O)c4C(=O)OC)cc(C)cc3c(=O)c2C)ccc1N. The van der Waals surface area contributed by atoms with Crippen LogP contribution in [-0.2, 0) is 4.74 Å². The zero-order valence-corrected chi connectivity index (χ0v) is 22.2. The number of hydrogen-bond donors (Lipinski definition) is 3. The molecular formula is C29H30N4O5. The number of benzene rings is 2. The molecule has 0 amide bonds. The van der Waals surface area contributed by atoms with Gasteiger partial charge in [0.05, 0.1) is 24.2 Å². The Balaban J connectivity index is 1.92. The minimum absolute atomic E-state index is 0.133. The van der Waals surface area contributed by atoms with Crippen LogP contribution in [0.5, 0.6) is 0 Å². The van der Waals surface area contributed by atoms with E-state index >= 15 is 0 Å². The zero-order valence-electron chi connectivity index (χ0n) is 22.2. The van der Waals surface area contributed by atoms with Crippen molar-refractivity contribution in [2.45, 2.75) is 33.7 Å². The fourth-order valence-corrected chi connectivity index (χ4v) is 4.55. The fourth-order valence-electron chi connectivity index (χ4n) is 4.55. The van der Waals surface area contributed by atoms with Gasteiger partial charge in [-0.1, -0.05) is 6.07 Å². The van der Waals surface area contributed by atoms with E-state index in [1.54, 1.807) is 51.4 Å². The van der Waals surface area contributed by atoms with E-state index in [0.717, 1.165) is 5.56 Å². The van der Waals surface area contributed by atoms with Gasteiger partial charge < -0.3 is 25.2 Å². The Hall–Kier alpha value is -4.66. The highest BCUT2D eigenvalue weighted by atomic mass is 16.5. The summed E-state index contributed by atoms with van der Waals surface area (Å²) < 4.78 is 11.3. The molecule has 0 aliphatic carbocycles. The van der Waals surface area contributed by atoms with Crippen LogP contribution in [0.2, 0.25) is 0 Å². The number of methoxy groups -OCH3 is 1. The second-order valence-corrected chi connectivity index (χ2v) is 9.27. The van der Waals surface area contributed by atoms with E-state index in [1.165, 1.54) is 7.11 Å². The van der Waals surface area contributed by atoms with E-state index in [2.05, 4.69) is 15.3 Å². The van der Waals surface area contributed by atoms with Crippen molar-refractivity contribution >= 4 is 34.5 Å². The predicted octanol–water partition coefficient (Wildman–Crippen LogP) is 4.66. The van der Waals surface area contributed by atoms with Gasteiger partial charge in [0.1, 0.15) is 16.9 Å². The smallest absolute Gasteiger partial charge is 0.345 e. The van der Waals surface area contributed by atoms with Crippen molar-refractivity contribution in [3.8, 4) is 11.3 Å². The third-order valence-corrected chi connectivity index (χ3v) is 6.41. The number of aryl methyl sites for hydroxylation is 2. The minimum atomic E-state index is -0.755. The lowest BCUT2D eigenvalue weighted by molar-refractivity contribution is 0.0599. The molecule has 2 aromatic carbocycles. The maximum absolute atomic E-state index is 13.5. The average Bonchev–Trinajstić information content (AvgIpc) is 2.87. The Bertz CT molecular complexity index is 1720. The van der Waals surface area contributed by atoms with E-state index in [0.29, 0.717) is 56.1 Å². The molecule has 4 rings (SSSR count). The van der Waals surface area contributed by atoms with E-state index in [-0.39, 0.29) is 11.0 Å². The fraction of sp³-hybridized carbons (Fsp3) is 0.241. The number of ether oxygens (including phenoxy) is 1. The van der Waals surface area contributed by atoms with Gasteiger partial charge >= 0.3 is 5.97 Å². The number of nitrogens with one attached hydrogen (secondary N) is 2. The Labute approximate surface area is 219 Å². The second kappa shape index (κ2) is 10.4.